The molecule has 3 N–H and O–H groups in total. The van der Waals surface area contributed by atoms with Crippen molar-refractivity contribution < 1.29 is 24.2 Å². The molecule has 3 atom stereocenters. The summed E-state index contributed by atoms with van der Waals surface area (Å²) in [7, 11) is 0. The molecular formula is C26H26N2O5. The molecule has 0 spiro atoms. The van der Waals surface area contributed by atoms with Crippen molar-refractivity contribution in [3.63, 3.8) is 0 Å². The van der Waals surface area contributed by atoms with E-state index in [0.29, 0.717) is 5.56 Å². The number of carbonyl (C=O) groups excluding carboxylic acids is 3. The Morgan fingerprint density at radius 2 is 1.79 bits per heavy atom. The van der Waals surface area contributed by atoms with Gasteiger partial charge in [-0.1, -0.05) is 48.5 Å². The molecule has 0 unspecified atom stereocenters. The lowest BCUT2D eigenvalue weighted by Crippen LogP contribution is -2.60. The summed E-state index contributed by atoms with van der Waals surface area (Å²) in [6.07, 6.45) is -0.306. The molecule has 0 radical (unpaired) electrons. The Morgan fingerprint density at radius 3 is 2.48 bits per heavy atom. The first-order chi connectivity index (χ1) is 15.8. The van der Waals surface area contributed by atoms with Crippen molar-refractivity contribution in [2.45, 2.75) is 38.0 Å². The highest BCUT2D eigenvalue weighted by Gasteiger charge is 2.47. The zero-order valence-corrected chi connectivity index (χ0v) is 18.5. The molecule has 4 rings (SSSR count). The van der Waals surface area contributed by atoms with E-state index in [-0.39, 0.29) is 24.6 Å². The van der Waals surface area contributed by atoms with Crippen molar-refractivity contribution in [3.8, 4) is 5.75 Å². The lowest BCUT2D eigenvalue weighted by atomic mass is 9.92. The highest BCUT2D eigenvalue weighted by Crippen LogP contribution is 2.23. The van der Waals surface area contributed by atoms with Crippen LogP contribution >= 0.6 is 0 Å². The predicted molar refractivity (Wildman–Crippen MR) is 124 cm³/mol. The fraction of sp³-hybridized carbons (Fsp3) is 0.269. The van der Waals surface area contributed by atoms with E-state index < -0.39 is 29.5 Å². The smallest absolute Gasteiger partial charge is 0.252 e. The van der Waals surface area contributed by atoms with Gasteiger partial charge in [-0.25, -0.2) is 0 Å². The summed E-state index contributed by atoms with van der Waals surface area (Å²) in [5, 5.41) is 16.9. The summed E-state index contributed by atoms with van der Waals surface area (Å²) < 4.78 is 5.41. The second-order valence-electron chi connectivity index (χ2n) is 8.49. The number of ether oxygens (including phenoxy) is 1. The average Bonchev–Trinajstić information content (AvgIpc) is 3.06. The molecule has 1 fully saturated rings. The number of aromatic hydroxyl groups is 1. The van der Waals surface area contributed by atoms with Crippen LogP contribution in [0.4, 0.5) is 0 Å². The van der Waals surface area contributed by atoms with Crippen molar-refractivity contribution in [3.05, 3.63) is 77.9 Å². The van der Waals surface area contributed by atoms with Crippen molar-refractivity contribution in [2.75, 3.05) is 6.61 Å². The van der Waals surface area contributed by atoms with Crippen molar-refractivity contribution in [2.24, 2.45) is 0 Å². The molecule has 3 aromatic rings. The molecule has 1 aliphatic rings. The standard InChI is InChI=1S/C26H26N2O5/c1-16-26(2,23(30)15-33-16)28-25(32)22(14-17-10-12-19(29)13-11-17)27-24(31)21-9-5-7-18-6-3-4-8-20(18)21/h3-13,16,22,29H,14-15H2,1-2H3,(H,27,31)(H,28,32)/t16-,22+,26-/m1/s1. The summed E-state index contributed by atoms with van der Waals surface area (Å²) in [6, 6.07) is 18.4. The van der Waals surface area contributed by atoms with E-state index in [1.807, 2.05) is 30.3 Å². The fourth-order valence-corrected chi connectivity index (χ4v) is 3.99. The first kappa shape index (κ1) is 22.5. The minimum atomic E-state index is -1.17. The lowest BCUT2D eigenvalue weighted by molar-refractivity contribution is -0.130. The first-order valence-corrected chi connectivity index (χ1v) is 10.8. The normalized spacial score (nSPS) is 21.0. The van der Waals surface area contributed by atoms with Gasteiger partial charge in [0.2, 0.25) is 5.91 Å². The summed E-state index contributed by atoms with van der Waals surface area (Å²) in [5.74, 6) is -0.982. The van der Waals surface area contributed by atoms with Gasteiger partial charge in [-0.05, 0) is 48.4 Å². The first-order valence-electron chi connectivity index (χ1n) is 10.8. The van der Waals surface area contributed by atoms with Crippen LogP contribution in [0.25, 0.3) is 10.8 Å². The van der Waals surface area contributed by atoms with Gasteiger partial charge in [0.05, 0.1) is 6.10 Å². The molecule has 3 aromatic carbocycles. The van der Waals surface area contributed by atoms with Gasteiger partial charge in [0.25, 0.3) is 5.91 Å². The average molecular weight is 447 g/mol. The van der Waals surface area contributed by atoms with Gasteiger partial charge in [-0.15, -0.1) is 0 Å². The molecule has 0 saturated carbocycles. The maximum Gasteiger partial charge on any atom is 0.252 e. The van der Waals surface area contributed by atoms with Gasteiger partial charge in [-0.3, -0.25) is 14.4 Å². The Morgan fingerprint density at radius 1 is 1.09 bits per heavy atom. The Labute approximate surface area is 191 Å². The van der Waals surface area contributed by atoms with Crippen LogP contribution in [0.15, 0.2) is 66.7 Å². The van der Waals surface area contributed by atoms with Gasteiger partial charge < -0.3 is 20.5 Å². The summed E-state index contributed by atoms with van der Waals surface area (Å²) in [6.45, 7) is 3.30. The Bertz CT molecular complexity index is 1200. The number of hydrogen-bond donors (Lipinski definition) is 3. The Kier molecular flexibility index (Phi) is 6.16. The van der Waals surface area contributed by atoms with Gasteiger partial charge in [-0.2, -0.15) is 0 Å². The number of phenols is 1. The number of fused-ring (bicyclic) bond motifs is 1. The van der Waals surface area contributed by atoms with Crippen LogP contribution in [0.2, 0.25) is 0 Å². The molecule has 7 nitrogen and oxygen atoms in total. The van der Waals surface area contributed by atoms with Crippen molar-refractivity contribution in [1.29, 1.82) is 0 Å². The summed E-state index contributed by atoms with van der Waals surface area (Å²) in [5.41, 5.74) is 0.0314. The Hall–Kier alpha value is -3.71. The number of Topliss-reactive ketones (excluding diaryl/α,β-unsaturated/α-hetero) is 1. The Balaban J connectivity index is 1.62. The second kappa shape index (κ2) is 9.03. The zero-order chi connectivity index (χ0) is 23.6. The zero-order valence-electron chi connectivity index (χ0n) is 18.5. The van der Waals surface area contributed by atoms with Crippen LogP contribution in [0.3, 0.4) is 0 Å². The largest absolute Gasteiger partial charge is 0.508 e. The lowest BCUT2D eigenvalue weighted by Gasteiger charge is -2.30. The summed E-state index contributed by atoms with van der Waals surface area (Å²) >= 11 is 0. The van der Waals surface area contributed by atoms with Gasteiger partial charge in [0, 0.05) is 12.0 Å². The summed E-state index contributed by atoms with van der Waals surface area (Å²) in [4.78, 5) is 39.0. The quantitative estimate of drug-likeness (QED) is 0.540. The number of rotatable bonds is 6. The number of benzene rings is 3. The monoisotopic (exact) mass is 446 g/mol. The maximum atomic E-state index is 13.3. The number of ketones is 1. The molecule has 170 valence electrons. The highest BCUT2D eigenvalue weighted by molar-refractivity contribution is 6.08. The SMILES string of the molecule is C[C@H]1OCC(=O)[C@]1(C)NC(=O)[C@H](Cc1ccc(O)cc1)NC(=O)c1cccc2ccccc12. The van der Waals surface area contributed by atoms with Gasteiger partial charge >= 0.3 is 0 Å². The predicted octanol–water partition coefficient (Wildman–Crippen LogP) is 2.75. The topological polar surface area (TPSA) is 105 Å². The molecule has 7 heteroatoms. The number of amides is 2. The van der Waals surface area contributed by atoms with Crippen LogP contribution in [0, 0.1) is 0 Å². The highest BCUT2D eigenvalue weighted by atomic mass is 16.5. The van der Waals surface area contributed by atoms with Crippen LogP contribution in [0.5, 0.6) is 5.75 Å². The van der Waals surface area contributed by atoms with E-state index >= 15 is 0 Å². The van der Waals surface area contributed by atoms with Crippen LogP contribution in [-0.2, 0) is 20.7 Å². The number of phenolic OH excluding ortho intramolecular Hbond substituents is 1. The number of nitrogens with one attached hydrogen (secondary N) is 2. The van der Waals surface area contributed by atoms with E-state index in [1.54, 1.807) is 38.1 Å². The minimum Gasteiger partial charge on any atom is -0.508 e. The van der Waals surface area contributed by atoms with E-state index in [1.165, 1.54) is 12.1 Å². The molecule has 0 bridgehead atoms. The van der Waals surface area contributed by atoms with Gasteiger partial charge in [0.1, 0.15) is 23.9 Å². The second-order valence-corrected chi connectivity index (χ2v) is 8.49. The number of hydrogen-bond acceptors (Lipinski definition) is 5. The van der Waals surface area contributed by atoms with Crippen LogP contribution in [0.1, 0.15) is 29.8 Å². The molecule has 33 heavy (non-hydrogen) atoms. The van der Waals surface area contributed by atoms with Crippen molar-refractivity contribution in [1.82, 2.24) is 10.6 Å². The third kappa shape index (κ3) is 4.59. The third-order valence-corrected chi connectivity index (χ3v) is 6.27. The molecule has 0 aliphatic carbocycles. The number of carbonyl (C=O) groups is 3. The van der Waals surface area contributed by atoms with Gasteiger partial charge in [0.15, 0.2) is 5.78 Å². The molecule has 1 saturated heterocycles. The third-order valence-electron chi connectivity index (χ3n) is 6.27. The molecule has 1 aliphatic heterocycles. The van der Waals surface area contributed by atoms with E-state index in [0.717, 1.165) is 16.3 Å². The molecule has 2 amide bonds. The van der Waals surface area contributed by atoms with E-state index in [9.17, 15) is 19.5 Å². The van der Waals surface area contributed by atoms with Crippen molar-refractivity contribution >= 4 is 28.4 Å². The molecule has 1 heterocycles. The van der Waals surface area contributed by atoms with E-state index in [4.69, 9.17) is 4.74 Å². The maximum absolute atomic E-state index is 13.3. The molecule has 0 aromatic heterocycles. The fourth-order valence-electron chi connectivity index (χ4n) is 3.99. The van der Waals surface area contributed by atoms with E-state index in [2.05, 4.69) is 10.6 Å². The minimum absolute atomic E-state index is 0.0665. The van der Waals surface area contributed by atoms with Crippen LogP contribution in [-0.4, -0.2) is 47.0 Å². The molecular weight excluding hydrogens is 420 g/mol. The van der Waals surface area contributed by atoms with Crippen LogP contribution < -0.4 is 10.6 Å².